The van der Waals surface area contributed by atoms with Gasteiger partial charge in [0.1, 0.15) is 19.0 Å². The predicted octanol–water partition coefficient (Wildman–Crippen LogP) is 0.396. The zero-order valence-corrected chi connectivity index (χ0v) is 14.9. The van der Waals surface area contributed by atoms with E-state index in [0.29, 0.717) is 32.7 Å². The molecule has 144 valence electrons. The molecular formula is C16H34N2O6. The maximum absolute atomic E-state index is 11.6. The Morgan fingerprint density at radius 3 is 2.12 bits per heavy atom. The van der Waals surface area contributed by atoms with Gasteiger partial charge in [0.05, 0.1) is 19.8 Å². The van der Waals surface area contributed by atoms with Crippen LogP contribution in [-0.4, -0.2) is 70.8 Å². The lowest BCUT2D eigenvalue weighted by Crippen LogP contribution is -2.33. The number of ketones is 1. The van der Waals surface area contributed by atoms with Crippen LogP contribution in [0.25, 0.3) is 0 Å². The molecule has 8 heteroatoms. The Labute approximate surface area is 146 Å². The van der Waals surface area contributed by atoms with Crippen molar-refractivity contribution in [3.8, 4) is 0 Å². The smallest absolute Gasteiger partial charge is 0.246 e. The Morgan fingerprint density at radius 2 is 1.54 bits per heavy atom. The van der Waals surface area contributed by atoms with Crippen molar-refractivity contribution < 1.29 is 31.4 Å². The highest BCUT2D eigenvalue weighted by atomic mass is 16.5. The fourth-order valence-corrected chi connectivity index (χ4v) is 1.67. The number of methoxy groups -OCH3 is 1. The molecule has 0 saturated carbocycles. The maximum Gasteiger partial charge on any atom is 0.246 e. The Hall–Kier alpha value is -1.51. The van der Waals surface area contributed by atoms with Crippen LogP contribution in [0, 0.1) is 5.92 Å². The standard InChI is InChI=1S/C16H30N2O6.2H2/c1-4-13(2)14(19)5-8-23-9-6-18-16(21)12-24-10-7-17-15(20)11-22-3;;/h13H,4-12H2,1-3H3,(H,17,20)(H,18,21);2*1H/t13-;;/m1../s1. The van der Waals surface area contributed by atoms with Gasteiger partial charge in [-0.25, -0.2) is 0 Å². The minimum absolute atomic E-state index is 0. The summed E-state index contributed by atoms with van der Waals surface area (Å²) in [5, 5.41) is 5.22. The van der Waals surface area contributed by atoms with Crippen molar-refractivity contribution in [2.75, 3.05) is 53.2 Å². The Bertz CT molecular complexity index is 386. The Balaban J connectivity index is -0.00000264. The van der Waals surface area contributed by atoms with Gasteiger partial charge in [0.25, 0.3) is 0 Å². The molecule has 0 spiro atoms. The molecule has 0 aliphatic rings. The molecule has 2 N–H and O–H groups in total. The average Bonchev–Trinajstić information content (AvgIpc) is 2.56. The van der Waals surface area contributed by atoms with Crippen molar-refractivity contribution >= 4 is 17.6 Å². The fourth-order valence-electron chi connectivity index (χ4n) is 1.67. The minimum Gasteiger partial charge on any atom is -0.379 e. The molecule has 0 aliphatic carbocycles. The first-order chi connectivity index (χ1) is 11.5. The minimum atomic E-state index is -0.252. The van der Waals surface area contributed by atoms with Crippen molar-refractivity contribution in [2.45, 2.75) is 26.7 Å². The van der Waals surface area contributed by atoms with Crippen molar-refractivity contribution in [1.29, 1.82) is 0 Å². The summed E-state index contributed by atoms with van der Waals surface area (Å²) in [7, 11) is 1.44. The third-order valence-electron chi connectivity index (χ3n) is 3.30. The molecule has 0 fully saturated rings. The van der Waals surface area contributed by atoms with E-state index in [2.05, 4.69) is 15.4 Å². The van der Waals surface area contributed by atoms with Crippen LogP contribution >= 0.6 is 0 Å². The van der Waals surface area contributed by atoms with E-state index in [1.807, 2.05) is 13.8 Å². The van der Waals surface area contributed by atoms with Crippen LogP contribution in [-0.2, 0) is 28.6 Å². The predicted molar refractivity (Wildman–Crippen MR) is 92.8 cm³/mol. The summed E-state index contributed by atoms with van der Waals surface area (Å²) in [6.45, 7) is 5.48. The van der Waals surface area contributed by atoms with Gasteiger partial charge in [-0.1, -0.05) is 13.8 Å². The molecule has 2 amide bonds. The van der Waals surface area contributed by atoms with Gasteiger partial charge < -0.3 is 24.8 Å². The first-order valence-corrected chi connectivity index (χ1v) is 8.21. The van der Waals surface area contributed by atoms with Gasteiger partial charge in [-0.2, -0.15) is 0 Å². The summed E-state index contributed by atoms with van der Waals surface area (Å²) in [6.07, 6.45) is 1.24. The number of Topliss-reactive ketones (excluding diaryl/α,β-unsaturated/α-hetero) is 1. The van der Waals surface area contributed by atoms with Gasteiger partial charge in [-0.3, -0.25) is 14.4 Å². The highest BCUT2D eigenvalue weighted by Crippen LogP contribution is 2.04. The Kier molecular flexibility index (Phi) is 14.1. The zero-order chi connectivity index (χ0) is 18.2. The third-order valence-corrected chi connectivity index (χ3v) is 3.30. The molecule has 0 unspecified atom stereocenters. The second-order valence-electron chi connectivity index (χ2n) is 5.32. The van der Waals surface area contributed by atoms with Gasteiger partial charge in [0, 0.05) is 35.4 Å². The van der Waals surface area contributed by atoms with E-state index in [1.54, 1.807) is 0 Å². The largest absolute Gasteiger partial charge is 0.379 e. The van der Waals surface area contributed by atoms with Gasteiger partial charge in [0.15, 0.2) is 0 Å². The van der Waals surface area contributed by atoms with Crippen LogP contribution in [0.15, 0.2) is 0 Å². The summed E-state index contributed by atoms with van der Waals surface area (Å²) in [6, 6.07) is 0. The molecular weight excluding hydrogens is 316 g/mol. The monoisotopic (exact) mass is 350 g/mol. The van der Waals surface area contributed by atoms with Crippen molar-refractivity contribution in [1.82, 2.24) is 10.6 Å². The van der Waals surface area contributed by atoms with Gasteiger partial charge in [0.2, 0.25) is 11.8 Å². The summed E-state index contributed by atoms with van der Waals surface area (Å²) in [5.74, 6) is -0.204. The number of hydrogen-bond acceptors (Lipinski definition) is 6. The fraction of sp³-hybridized carbons (Fsp3) is 0.812. The van der Waals surface area contributed by atoms with Crippen LogP contribution in [0.2, 0.25) is 0 Å². The van der Waals surface area contributed by atoms with E-state index in [-0.39, 0.29) is 46.2 Å². The molecule has 24 heavy (non-hydrogen) atoms. The number of ether oxygens (including phenoxy) is 3. The van der Waals surface area contributed by atoms with Crippen LogP contribution < -0.4 is 10.6 Å². The first-order valence-electron chi connectivity index (χ1n) is 8.21. The lowest BCUT2D eigenvalue weighted by molar-refractivity contribution is -0.127. The molecule has 1 atom stereocenters. The van der Waals surface area contributed by atoms with Gasteiger partial charge >= 0.3 is 0 Å². The quantitative estimate of drug-likeness (QED) is 0.414. The molecule has 8 nitrogen and oxygen atoms in total. The van der Waals surface area contributed by atoms with E-state index in [1.165, 1.54) is 7.11 Å². The molecule has 0 rings (SSSR count). The Morgan fingerprint density at radius 1 is 0.958 bits per heavy atom. The number of nitrogens with one attached hydrogen (secondary N) is 2. The van der Waals surface area contributed by atoms with Crippen LogP contribution in [0.3, 0.4) is 0 Å². The molecule has 0 aromatic carbocycles. The second kappa shape index (κ2) is 15.0. The maximum atomic E-state index is 11.6. The van der Waals surface area contributed by atoms with Crippen molar-refractivity contribution in [3.05, 3.63) is 0 Å². The molecule has 0 aliphatic heterocycles. The molecule has 0 bridgehead atoms. The van der Waals surface area contributed by atoms with E-state index in [0.717, 1.165) is 6.42 Å². The number of carbonyl (C=O) groups is 3. The topological polar surface area (TPSA) is 103 Å². The second-order valence-corrected chi connectivity index (χ2v) is 5.32. The van der Waals surface area contributed by atoms with E-state index in [4.69, 9.17) is 9.47 Å². The molecule has 0 heterocycles. The molecule has 0 aromatic heterocycles. The van der Waals surface area contributed by atoms with Crippen molar-refractivity contribution in [2.24, 2.45) is 5.92 Å². The van der Waals surface area contributed by atoms with E-state index in [9.17, 15) is 14.4 Å². The van der Waals surface area contributed by atoms with Crippen LogP contribution in [0.4, 0.5) is 0 Å². The highest BCUT2D eigenvalue weighted by molar-refractivity contribution is 5.80. The van der Waals surface area contributed by atoms with Gasteiger partial charge in [-0.05, 0) is 6.42 Å². The number of carbonyl (C=O) groups excluding carboxylic acids is 3. The lowest BCUT2D eigenvalue weighted by atomic mass is 10.0. The highest BCUT2D eigenvalue weighted by Gasteiger charge is 2.09. The van der Waals surface area contributed by atoms with Crippen LogP contribution in [0.5, 0.6) is 0 Å². The van der Waals surface area contributed by atoms with Crippen LogP contribution in [0.1, 0.15) is 29.5 Å². The summed E-state index contributed by atoms with van der Waals surface area (Å²) in [4.78, 5) is 34.1. The molecule has 0 saturated heterocycles. The number of rotatable bonds is 15. The summed E-state index contributed by atoms with van der Waals surface area (Å²) < 4.78 is 15.1. The SMILES string of the molecule is CC[C@@H](C)C(=O)CCOCCNC(=O)COCCNC(=O)COC.[HH].[HH]. The summed E-state index contributed by atoms with van der Waals surface area (Å²) >= 11 is 0. The first kappa shape index (κ1) is 22.5. The zero-order valence-electron chi connectivity index (χ0n) is 14.9. The van der Waals surface area contributed by atoms with Gasteiger partial charge in [-0.15, -0.1) is 0 Å². The third kappa shape index (κ3) is 13.0. The van der Waals surface area contributed by atoms with Crippen molar-refractivity contribution in [3.63, 3.8) is 0 Å². The number of amides is 2. The lowest BCUT2D eigenvalue weighted by Gasteiger charge is -2.09. The average molecular weight is 350 g/mol. The molecule has 0 radical (unpaired) electrons. The molecule has 0 aromatic rings. The van der Waals surface area contributed by atoms with E-state index >= 15 is 0 Å². The number of hydrogen-bond donors (Lipinski definition) is 2. The van der Waals surface area contributed by atoms with E-state index < -0.39 is 0 Å². The summed E-state index contributed by atoms with van der Waals surface area (Å²) in [5.41, 5.74) is 0. The normalized spacial score (nSPS) is 11.8.